The van der Waals surface area contributed by atoms with Gasteiger partial charge >= 0.3 is 24.2 Å². The number of hydrogen-bond acceptors (Lipinski definition) is 0. The first-order valence-electron chi connectivity index (χ1n) is 7.42. The van der Waals surface area contributed by atoms with Crippen molar-refractivity contribution in [3.05, 3.63) is 33.7 Å². The summed E-state index contributed by atoms with van der Waals surface area (Å²) in [5.41, 5.74) is -8.81. The average Bonchev–Trinajstić information content (AvgIpc) is 2.49. The van der Waals surface area contributed by atoms with E-state index in [2.05, 4.69) is 10.9 Å². The van der Waals surface area contributed by atoms with Gasteiger partial charge in [0.1, 0.15) is 16.5 Å². The summed E-state index contributed by atoms with van der Waals surface area (Å²) in [7, 11) is 0. The van der Waals surface area contributed by atoms with E-state index in [1.54, 1.807) is 13.8 Å². The molecule has 0 spiro atoms. The SMILES string of the molecule is CCC(C)(C#[N+]c1c(C(F)(F)F)cc(C(F)(F)F)cc1C(F)(F)F)CC. The number of halogens is 9. The van der Waals surface area contributed by atoms with E-state index < -0.39 is 46.3 Å². The van der Waals surface area contributed by atoms with Gasteiger partial charge in [0.05, 0.1) is 5.56 Å². The highest BCUT2D eigenvalue weighted by Crippen LogP contribution is 2.47. The third-order valence-corrected chi connectivity index (χ3v) is 4.05. The quantitative estimate of drug-likeness (QED) is 0.458. The van der Waals surface area contributed by atoms with Gasteiger partial charge in [0, 0.05) is 0 Å². The Bertz CT molecular complexity index is 675. The third kappa shape index (κ3) is 5.05. The lowest BCUT2D eigenvalue weighted by molar-refractivity contribution is -0.147. The normalized spacial score (nSPS) is 13.4. The molecule has 10 heteroatoms. The lowest BCUT2D eigenvalue weighted by Gasteiger charge is -2.14. The second kappa shape index (κ2) is 7.00. The highest BCUT2D eigenvalue weighted by molar-refractivity contribution is 5.64. The van der Waals surface area contributed by atoms with Gasteiger partial charge in [-0.05, 0) is 36.7 Å². The zero-order valence-electron chi connectivity index (χ0n) is 13.9. The zero-order chi connectivity index (χ0) is 20.6. The maximum atomic E-state index is 13.1. The highest BCUT2D eigenvalue weighted by Gasteiger charge is 2.49. The van der Waals surface area contributed by atoms with Gasteiger partial charge in [0.2, 0.25) is 0 Å². The topological polar surface area (TPSA) is 4.36 Å². The fraction of sp³-hybridized carbons (Fsp3) is 0.562. The monoisotopic (exact) mass is 392 g/mol. The molecular formula is C16H15F9N+. The molecule has 0 N–H and O–H groups in total. The molecular weight excluding hydrogens is 377 g/mol. The van der Waals surface area contributed by atoms with Crippen LogP contribution < -0.4 is 0 Å². The Morgan fingerprint density at radius 1 is 0.769 bits per heavy atom. The van der Waals surface area contributed by atoms with Crippen LogP contribution in [0.25, 0.3) is 4.85 Å². The summed E-state index contributed by atoms with van der Waals surface area (Å²) < 4.78 is 117. The van der Waals surface area contributed by atoms with Crippen molar-refractivity contribution < 1.29 is 39.5 Å². The van der Waals surface area contributed by atoms with Gasteiger partial charge in [-0.15, -0.1) is 0 Å². The van der Waals surface area contributed by atoms with Crippen molar-refractivity contribution in [2.45, 2.75) is 52.1 Å². The standard InChI is InChI=1S/C16H15F9N/c1-4-13(3,5-2)8-26-12-10(15(20,21)22)6-9(14(17,18)19)7-11(12)16(23,24)25/h6-7H,4-5H2,1-3H3/q+1. The van der Waals surface area contributed by atoms with Crippen molar-refractivity contribution >= 4 is 5.69 Å². The summed E-state index contributed by atoms with van der Waals surface area (Å²) in [6, 6.07) is 1.50. The minimum absolute atomic E-state index is 0.316. The first-order chi connectivity index (χ1) is 11.5. The number of nitrogens with zero attached hydrogens (tertiary/aromatic N) is 1. The molecule has 0 aliphatic heterocycles. The molecule has 0 bridgehead atoms. The lowest BCUT2D eigenvalue weighted by Crippen LogP contribution is -2.16. The molecule has 0 atom stereocenters. The number of hydrogen-bond donors (Lipinski definition) is 0. The van der Waals surface area contributed by atoms with E-state index in [1.165, 1.54) is 6.92 Å². The van der Waals surface area contributed by atoms with Crippen molar-refractivity contribution in [2.75, 3.05) is 0 Å². The molecule has 0 aliphatic rings. The van der Waals surface area contributed by atoms with Crippen molar-refractivity contribution in [1.29, 1.82) is 0 Å². The summed E-state index contributed by atoms with van der Waals surface area (Å²) in [4.78, 5) is 3.22. The van der Waals surface area contributed by atoms with Crippen LogP contribution in [0, 0.1) is 11.5 Å². The molecule has 0 fully saturated rings. The Balaban J connectivity index is 3.90. The summed E-state index contributed by atoms with van der Waals surface area (Å²) in [5.74, 6) is 0. The van der Waals surface area contributed by atoms with Crippen LogP contribution in [0.15, 0.2) is 12.1 Å². The fourth-order valence-electron chi connectivity index (χ4n) is 1.95. The lowest BCUT2D eigenvalue weighted by atomic mass is 9.87. The maximum Gasteiger partial charge on any atom is 0.424 e. The fourth-order valence-corrected chi connectivity index (χ4v) is 1.95. The Kier molecular flexibility index (Phi) is 5.96. The molecule has 0 amide bonds. The Labute approximate surface area is 143 Å². The van der Waals surface area contributed by atoms with Gasteiger partial charge < -0.3 is 0 Å². The molecule has 0 aromatic heterocycles. The van der Waals surface area contributed by atoms with E-state index in [0.29, 0.717) is 12.8 Å². The molecule has 1 rings (SSSR count). The van der Waals surface area contributed by atoms with E-state index in [4.69, 9.17) is 0 Å². The van der Waals surface area contributed by atoms with Gasteiger partial charge in [0.15, 0.2) is 0 Å². The van der Waals surface area contributed by atoms with Gasteiger partial charge in [-0.25, -0.2) is 0 Å². The molecule has 1 aromatic rings. The minimum Gasteiger partial charge on any atom is -0.166 e. The molecule has 146 valence electrons. The predicted molar refractivity (Wildman–Crippen MR) is 77.0 cm³/mol. The molecule has 0 aliphatic carbocycles. The van der Waals surface area contributed by atoms with E-state index >= 15 is 0 Å². The third-order valence-electron chi connectivity index (χ3n) is 4.05. The van der Waals surface area contributed by atoms with Crippen molar-refractivity contribution in [3.63, 3.8) is 0 Å². The smallest absolute Gasteiger partial charge is 0.166 e. The van der Waals surface area contributed by atoms with Crippen LogP contribution in [0.2, 0.25) is 0 Å². The zero-order valence-corrected chi connectivity index (χ0v) is 13.9. The minimum atomic E-state index is -5.46. The summed E-state index contributed by atoms with van der Waals surface area (Å²) in [5, 5.41) is 0. The molecule has 26 heavy (non-hydrogen) atoms. The molecule has 0 saturated carbocycles. The maximum absolute atomic E-state index is 13.1. The summed E-state index contributed by atoms with van der Waals surface area (Å²) in [6.07, 6.45) is -15.7. The van der Waals surface area contributed by atoms with Crippen LogP contribution in [0.3, 0.4) is 0 Å². The molecule has 1 aromatic carbocycles. The number of rotatable bonds is 2. The second-order valence-corrected chi connectivity index (χ2v) is 5.90. The van der Waals surface area contributed by atoms with Gasteiger partial charge in [-0.3, -0.25) is 0 Å². The molecule has 1 nitrogen and oxygen atoms in total. The Morgan fingerprint density at radius 2 is 1.15 bits per heavy atom. The molecule has 0 saturated heterocycles. The summed E-state index contributed by atoms with van der Waals surface area (Å²) in [6.45, 7) is 4.78. The first kappa shape index (κ1) is 22.1. The van der Waals surface area contributed by atoms with E-state index in [-0.39, 0.29) is 12.1 Å². The number of alkyl halides is 9. The van der Waals surface area contributed by atoms with Gasteiger partial charge in [-0.2, -0.15) is 39.5 Å². The van der Waals surface area contributed by atoms with Crippen molar-refractivity contribution in [1.82, 2.24) is 0 Å². The van der Waals surface area contributed by atoms with E-state index in [9.17, 15) is 39.5 Å². The Morgan fingerprint density at radius 3 is 1.42 bits per heavy atom. The van der Waals surface area contributed by atoms with Gasteiger partial charge in [0.25, 0.3) is 6.07 Å². The summed E-state index contributed by atoms with van der Waals surface area (Å²) >= 11 is 0. The van der Waals surface area contributed by atoms with Crippen molar-refractivity contribution in [2.24, 2.45) is 5.41 Å². The van der Waals surface area contributed by atoms with Gasteiger partial charge in [-0.1, -0.05) is 13.8 Å². The molecule has 0 heterocycles. The number of benzene rings is 1. The van der Waals surface area contributed by atoms with Crippen molar-refractivity contribution in [3.8, 4) is 6.07 Å². The van der Waals surface area contributed by atoms with E-state index in [1.807, 2.05) is 0 Å². The predicted octanol–water partition coefficient (Wildman–Crippen LogP) is 7.53. The highest BCUT2D eigenvalue weighted by atomic mass is 19.4. The van der Waals surface area contributed by atoms with Crippen LogP contribution in [0.5, 0.6) is 0 Å². The van der Waals surface area contributed by atoms with Crippen LogP contribution in [0.1, 0.15) is 50.3 Å². The Hall–Kier alpha value is -1.92. The first-order valence-corrected chi connectivity index (χ1v) is 7.42. The largest absolute Gasteiger partial charge is 0.424 e. The van der Waals surface area contributed by atoms with Crippen LogP contribution in [0.4, 0.5) is 45.2 Å². The second-order valence-electron chi connectivity index (χ2n) is 5.90. The van der Waals surface area contributed by atoms with Crippen LogP contribution >= 0.6 is 0 Å². The van der Waals surface area contributed by atoms with Crippen LogP contribution in [-0.4, -0.2) is 0 Å². The average molecular weight is 392 g/mol. The van der Waals surface area contributed by atoms with E-state index in [0.717, 1.165) is 0 Å². The van der Waals surface area contributed by atoms with Crippen LogP contribution in [-0.2, 0) is 18.5 Å². The molecule has 0 radical (unpaired) electrons. The molecule has 0 unspecified atom stereocenters.